The lowest BCUT2D eigenvalue weighted by Gasteiger charge is -2.36. The van der Waals surface area contributed by atoms with Crippen LogP contribution in [0.1, 0.15) is 17.3 Å². The van der Waals surface area contributed by atoms with Crippen molar-refractivity contribution in [3.8, 4) is 11.5 Å². The Morgan fingerprint density at radius 3 is 2.10 bits per heavy atom. The Kier molecular flexibility index (Phi) is 6.64. The molecule has 0 bridgehead atoms. The maximum absolute atomic E-state index is 12.7. The van der Waals surface area contributed by atoms with E-state index in [0.29, 0.717) is 31.9 Å². The number of carbonyl (C=O) groups is 2. The third kappa shape index (κ3) is 5.22. The average molecular weight is 404 g/mol. The summed E-state index contributed by atoms with van der Waals surface area (Å²) in [7, 11) is 0. The molecule has 2 amide bonds. The van der Waals surface area contributed by atoms with Crippen LogP contribution in [0.5, 0.6) is 11.5 Å². The topological polar surface area (TPSA) is 59.1 Å². The number of hydrogen-bond donors (Lipinski definition) is 0. The zero-order valence-electron chi connectivity index (χ0n) is 16.0. The van der Waals surface area contributed by atoms with E-state index in [4.69, 9.17) is 4.74 Å². The van der Waals surface area contributed by atoms with E-state index in [1.165, 1.54) is 23.1 Å². The quantitative estimate of drug-likeness (QED) is 0.743. The number of hydrogen-bond acceptors (Lipinski definition) is 4. The largest absolute Gasteiger partial charge is 0.481 e. The average Bonchev–Trinajstić information content (AvgIpc) is 2.73. The predicted molar refractivity (Wildman–Crippen MR) is 102 cm³/mol. The standard InChI is InChI=1S/C21H22F2N2O4/c1-15(28-16-7-3-2-4-8-16)19(26)24-11-13-25(14-12-24)20(27)17-9-5-6-10-18(17)29-21(22)23/h2-10,15,21H,11-14H2,1H3. The zero-order chi connectivity index (χ0) is 20.8. The van der Waals surface area contributed by atoms with Crippen molar-refractivity contribution in [2.24, 2.45) is 0 Å². The van der Waals surface area contributed by atoms with Gasteiger partial charge in [-0.05, 0) is 31.2 Å². The molecule has 0 saturated carbocycles. The fraction of sp³-hybridized carbons (Fsp3) is 0.333. The Hall–Kier alpha value is -3.16. The van der Waals surface area contributed by atoms with Gasteiger partial charge in [-0.25, -0.2) is 0 Å². The molecule has 1 aliphatic heterocycles. The molecule has 1 saturated heterocycles. The molecule has 1 unspecified atom stereocenters. The Morgan fingerprint density at radius 1 is 0.862 bits per heavy atom. The monoisotopic (exact) mass is 404 g/mol. The molecule has 1 fully saturated rings. The lowest BCUT2D eigenvalue weighted by Crippen LogP contribution is -2.53. The number of benzene rings is 2. The molecule has 0 aliphatic carbocycles. The number of amides is 2. The van der Waals surface area contributed by atoms with Crippen molar-refractivity contribution in [1.29, 1.82) is 0 Å². The number of nitrogens with zero attached hydrogens (tertiary/aromatic N) is 2. The molecule has 6 nitrogen and oxygen atoms in total. The number of alkyl halides is 2. The first-order valence-electron chi connectivity index (χ1n) is 9.29. The number of ether oxygens (including phenoxy) is 2. The first-order chi connectivity index (χ1) is 14.0. The van der Waals surface area contributed by atoms with Gasteiger partial charge in [-0.3, -0.25) is 9.59 Å². The van der Waals surface area contributed by atoms with Crippen LogP contribution in [0.15, 0.2) is 54.6 Å². The Balaban J connectivity index is 1.57. The van der Waals surface area contributed by atoms with Gasteiger partial charge in [0.05, 0.1) is 5.56 Å². The third-order valence-corrected chi connectivity index (χ3v) is 4.62. The van der Waals surface area contributed by atoms with Gasteiger partial charge in [0.1, 0.15) is 11.5 Å². The van der Waals surface area contributed by atoms with Gasteiger partial charge in [0.2, 0.25) is 0 Å². The Morgan fingerprint density at radius 2 is 1.45 bits per heavy atom. The fourth-order valence-corrected chi connectivity index (χ4v) is 3.15. The van der Waals surface area contributed by atoms with Gasteiger partial charge in [-0.1, -0.05) is 30.3 Å². The van der Waals surface area contributed by atoms with E-state index >= 15 is 0 Å². The minimum Gasteiger partial charge on any atom is -0.481 e. The lowest BCUT2D eigenvalue weighted by molar-refractivity contribution is -0.139. The third-order valence-electron chi connectivity index (χ3n) is 4.62. The van der Waals surface area contributed by atoms with E-state index in [9.17, 15) is 18.4 Å². The highest BCUT2D eigenvalue weighted by molar-refractivity contribution is 5.97. The van der Waals surface area contributed by atoms with Crippen molar-refractivity contribution in [3.63, 3.8) is 0 Å². The summed E-state index contributed by atoms with van der Waals surface area (Å²) in [5.74, 6) is -0.113. The van der Waals surface area contributed by atoms with E-state index in [0.717, 1.165) is 0 Å². The normalized spacial score (nSPS) is 15.2. The van der Waals surface area contributed by atoms with E-state index in [1.54, 1.807) is 30.0 Å². The first-order valence-corrected chi connectivity index (χ1v) is 9.29. The van der Waals surface area contributed by atoms with Gasteiger partial charge >= 0.3 is 6.61 Å². The predicted octanol–water partition coefficient (Wildman–Crippen LogP) is 3.04. The molecule has 1 heterocycles. The molecule has 1 aliphatic rings. The van der Waals surface area contributed by atoms with Crippen LogP contribution in [-0.2, 0) is 4.79 Å². The van der Waals surface area contributed by atoms with Crippen LogP contribution in [0.3, 0.4) is 0 Å². The summed E-state index contributed by atoms with van der Waals surface area (Å²) in [6.07, 6.45) is -0.653. The summed E-state index contributed by atoms with van der Waals surface area (Å²) in [4.78, 5) is 28.5. The second-order valence-corrected chi connectivity index (χ2v) is 6.57. The second-order valence-electron chi connectivity index (χ2n) is 6.57. The molecule has 0 aromatic heterocycles. The number of piperazine rings is 1. The molecule has 2 aromatic rings. The van der Waals surface area contributed by atoms with Gasteiger partial charge in [0.15, 0.2) is 6.10 Å². The van der Waals surface area contributed by atoms with E-state index < -0.39 is 18.6 Å². The molecule has 3 rings (SSSR count). The van der Waals surface area contributed by atoms with Gasteiger partial charge < -0.3 is 19.3 Å². The molecule has 29 heavy (non-hydrogen) atoms. The summed E-state index contributed by atoms with van der Waals surface area (Å²) >= 11 is 0. The molecule has 1 atom stereocenters. The minimum absolute atomic E-state index is 0.0772. The summed E-state index contributed by atoms with van der Waals surface area (Å²) in [5, 5.41) is 0. The molecule has 0 N–H and O–H groups in total. The number of rotatable bonds is 6. The SMILES string of the molecule is CC(Oc1ccccc1)C(=O)N1CCN(C(=O)c2ccccc2OC(F)F)CC1. The van der Waals surface area contributed by atoms with Crippen LogP contribution in [0, 0.1) is 0 Å². The Labute approximate surface area is 167 Å². The highest BCUT2D eigenvalue weighted by Gasteiger charge is 2.29. The van der Waals surface area contributed by atoms with Crippen LogP contribution >= 0.6 is 0 Å². The molecule has 0 radical (unpaired) electrons. The molecule has 154 valence electrons. The van der Waals surface area contributed by atoms with Gasteiger partial charge in [0, 0.05) is 26.2 Å². The molecule has 8 heteroatoms. The van der Waals surface area contributed by atoms with Crippen LogP contribution in [0.2, 0.25) is 0 Å². The van der Waals surface area contributed by atoms with Crippen LogP contribution in [0.25, 0.3) is 0 Å². The van der Waals surface area contributed by atoms with Crippen molar-refractivity contribution >= 4 is 11.8 Å². The van der Waals surface area contributed by atoms with Crippen molar-refractivity contribution in [3.05, 3.63) is 60.2 Å². The van der Waals surface area contributed by atoms with E-state index in [2.05, 4.69) is 4.74 Å². The highest BCUT2D eigenvalue weighted by Crippen LogP contribution is 2.23. The summed E-state index contributed by atoms with van der Waals surface area (Å²) in [6, 6.07) is 15.0. The smallest absolute Gasteiger partial charge is 0.387 e. The van der Waals surface area contributed by atoms with Crippen LogP contribution in [0.4, 0.5) is 8.78 Å². The first kappa shape index (κ1) is 20.6. The summed E-state index contributed by atoms with van der Waals surface area (Å²) in [5.41, 5.74) is 0.0772. The van der Waals surface area contributed by atoms with Crippen molar-refractivity contribution in [2.45, 2.75) is 19.6 Å². The van der Waals surface area contributed by atoms with Gasteiger partial charge in [-0.2, -0.15) is 8.78 Å². The van der Waals surface area contributed by atoms with Crippen molar-refractivity contribution < 1.29 is 27.8 Å². The maximum atomic E-state index is 12.7. The number of halogens is 2. The minimum atomic E-state index is -3.01. The summed E-state index contributed by atoms with van der Waals surface area (Å²) in [6.45, 7) is -0.0534. The fourth-order valence-electron chi connectivity index (χ4n) is 3.15. The second kappa shape index (κ2) is 9.36. The molecule has 2 aromatic carbocycles. The van der Waals surface area contributed by atoms with Gasteiger partial charge in [0.25, 0.3) is 11.8 Å². The summed E-state index contributed by atoms with van der Waals surface area (Å²) < 4.78 is 35.3. The number of carbonyl (C=O) groups excluding carboxylic acids is 2. The zero-order valence-corrected chi connectivity index (χ0v) is 16.0. The van der Waals surface area contributed by atoms with Crippen molar-refractivity contribution in [2.75, 3.05) is 26.2 Å². The molecular formula is C21H22F2N2O4. The van der Waals surface area contributed by atoms with Crippen LogP contribution < -0.4 is 9.47 Å². The molecular weight excluding hydrogens is 382 g/mol. The Bertz CT molecular complexity index is 840. The van der Waals surface area contributed by atoms with E-state index in [-0.39, 0.29) is 17.2 Å². The lowest BCUT2D eigenvalue weighted by atomic mass is 10.1. The van der Waals surface area contributed by atoms with Gasteiger partial charge in [-0.15, -0.1) is 0 Å². The van der Waals surface area contributed by atoms with Crippen LogP contribution in [-0.4, -0.2) is 60.5 Å². The van der Waals surface area contributed by atoms with Crippen molar-refractivity contribution in [1.82, 2.24) is 9.80 Å². The van der Waals surface area contributed by atoms with E-state index in [1.807, 2.05) is 18.2 Å². The maximum Gasteiger partial charge on any atom is 0.387 e. The number of para-hydroxylation sites is 2. The highest BCUT2D eigenvalue weighted by atomic mass is 19.3. The molecule has 0 spiro atoms.